The topological polar surface area (TPSA) is 37.4 Å². The summed E-state index contributed by atoms with van der Waals surface area (Å²) in [6, 6.07) is 0. The van der Waals surface area contributed by atoms with E-state index < -0.39 is 10.0 Å². The van der Waals surface area contributed by atoms with Crippen molar-refractivity contribution in [3.63, 3.8) is 0 Å². The van der Waals surface area contributed by atoms with Crippen molar-refractivity contribution in [1.82, 2.24) is 4.31 Å². The van der Waals surface area contributed by atoms with Gasteiger partial charge in [-0.1, -0.05) is 13.3 Å². The smallest absolute Gasteiger partial charge is 0.212 e. The van der Waals surface area contributed by atoms with Gasteiger partial charge in [-0.05, 0) is 25.2 Å². The molecule has 15 heavy (non-hydrogen) atoms. The number of halogens is 1. The molecular formula is C10H20ClNO2S. The molecular weight excluding hydrogens is 234 g/mol. The van der Waals surface area contributed by atoms with Gasteiger partial charge in [-0.2, -0.15) is 0 Å². The molecule has 0 saturated heterocycles. The van der Waals surface area contributed by atoms with Crippen LogP contribution in [0.4, 0.5) is 0 Å². The Kier molecular flexibility index (Phi) is 4.87. The molecule has 0 spiro atoms. The number of nitrogens with zero attached hydrogens (tertiary/aromatic N) is 1. The third kappa shape index (κ3) is 3.93. The van der Waals surface area contributed by atoms with E-state index >= 15 is 0 Å². The van der Waals surface area contributed by atoms with Crippen LogP contribution in [-0.4, -0.2) is 37.4 Å². The molecule has 0 atom stereocenters. The molecule has 0 aromatic rings. The van der Waals surface area contributed by atoms with Gasteiger partial charge in [0.25, 0.3) is 0 Å². The van der Waals surface area contributed by atoms with Crippen LogP contribution < -0.4 is 0 Å². The average Bonchev–Trinajstić information content (AvgIpc) is 2.12. The van der Waals surface area contributed by atoms with Crippen LogP contribution in [0.3, 0.4) is 0 Å². The van der Waals surface area contributed by atoms with Gasteiger partial charge in [-0.3, -0.25) is 0 Å². The largest absolute Gasteiger partial charge is 0.213 e. The van der Waals surface area contributed by atoms with Gasteiger partial charge in [-0.15, -0.1) is 11.6 Å². The van der Waals surface area contributed by atoms with Crippen LogP contribution in [0.15, 0.2) is 0 Å². The van der Waals surface area contributed by atoms with Crippen molar-refractivity contribution < 1.29 is 8.42 Å². The number of hydrogen-bond acceptors (Lipinski definition) is 2. The Morgan fingerprint density at radius 3 is 2.47 bits per heavy atom. The second kappa shape index (κ2) is 5.51. The van der Waals surface area contributed by atoms with Crippen LogP contribution in [-0.2, 0) is 10.0 Å². The van der Waals surface area contributed by atoms with Gasteiger partial charge < -0.3 is 0 Å². The molecule has 0 aliphatic heterocycles. The molecule has 1 aliphatic carbocycles. The maximum atomic E-state index is 11.7. The molecule has 0 aromatic carbocycles. The lowest BCUT2D eigenvalue weighted by molar-refractivity contribution is 0.268. The van der Waals surface area contributed by atoms with Gasteiger partial charge in [0.1, 0.15) is 0 Å². The fourth-order valence-corrected chi connectivity index (χ4v) is 3.67. The fourth-order valence-electron chi connectivity index (χ4n) is 1.76. The molecule has 5 heteroatoms. The first kappa shape index (κ1) is 13.3. The van der Waals surface area contributed by atoms with Crippen LogP contribution in [0.1, 0.15) is 32.6 Å². The van der Waals surface area contributed by atoms with E-state index in [0.717, 1.165) is 25.7 Å². The lowest BCUT2D eigenvalue weighted by Crippen LogP contribution is -2.38. The zero-order valence-electron chi connectivity index (χ0n) is 9.45. The van der Waals surface area contributed by atoms with E-state index in [4.69, 9.17) is 11.6 Å². The molecule has 0 N–H and O–H groups in total. The van der Waals surface area contributed by atoms with E-state index in [9.17, 15) is 8.42 Å². The lowest BCUT2D eigenvalue weighted by Gasteiger charge is -2.33. The van der Waals surface area contributed by atoms with Crippen molar-refractivity contribution in [1.29, 1.82) is 0 Å². The molecule has 0 unspecified atom stereocenters. The van der Waals surface area contributed by atoms with E-state index in [0.29, 0.717) is 12.5 Å². The number of sulfonamides is 1. The summed E-state index contributed by atoms with van der Waals surface area (Å²) in [6.45, 7) is 2.63. The molecule has 0 bridgehead atoms. The number of hydrogen-bond donors (Lipinski definition) is 0. The minimum atomic E-state index is -3.02. The summed E-state index contributed by atoms with van der Waals surface area (Å²) in [5.41, 5.74) is 0. The molecule has 3 nitrogen and oxygen atoms in total. The minimum absolute atomic E-state index is 0.266. The highest BCUT2D eigenvalue weighted by Crippen LogP contribution is 2.32. The quantitative estimate of drug-likeness (QED) is 0.680. The third-order valence-electron chi connectivity index (χ3n) is 2.92. The van der Waals surface area contributed by atoms with E-state index in [1.54, 1.807) is 7.05 Å². The Labute approximate surface area is 97.8 Å². The first-order valence-electron chi connectivity index (χ1n) is 5.53. The van der Waals surface area contributed by atoms with Gasteiger partial charge in [0.2, 0.25) is 10.0 Å². The SMILES string of the molecule is CCCCS(=O)(=O)N(C)CC1CC(Cl)C1. The van der Waals surface area contributed by atoms with Crippen LogP contribution in [0, 0.1) is 5.92 Å². The maximum absolute atomic E-state index is 11.7. The summed E-state index contributed by atoms with van der Waals surface area (Å²) in [7, 11) is -1.35. The molecule has 0 radical (unpaired) electrons. The average molecular weight is 254 g/mol. The van der Waals surface area contributed by atoms with Crippen molar-refractivity contribution in [2.75, 3.05) is 19.3 Å². The highest BCUT2D eigenvalue weighted by Gasteiger charge is 2.30. The predicted octanol–water partition coefficient (Wildman–Crippen LogP) is 2.07. The van der Waals surface area contributed by atoms with Gasteiger partial charge in [0.15, 0.2) is 0 Å². The second-order valence-corrected chi connectivity index (χ2v) is 7.20. The Hall–Kier alpha value is 0.200. The monoisotopic (exact) mass is 253 g/mol. The zero-order chi connectivity index (χ0) is 11.5. The van der Waals surface area contributed by atoms with Gasteiger partial charge in [-0.25, -0.2) is 12.7 Å². The van der Waals surface area contributed by atoms with Crippen molar-refractivity contribution in [2.45, 2.75) is 38.0 Å². The van der Waals surface area contributed by atoms with Crippen LogP contribution in [0.2, 0.25) is 0 Å². The van der Waals surface area contributed by atoms with Crippen LogP contribution >= 0.6 is 11.6 Å². The van der Waals surface area contributed by atoms with Gasteiger partial charge in [0.05, 0.1) is 5.75 Å². The minimum Gasteiger partial charge on any atom is -0.212 e. The van der Waals surface area contributed by atoms with Crippen molar-refractivity contribution in [3.05, 3.63) is 0 Å². The molecule has 90 valence electrons. The normalized spacial score (nSPS) is 26.7. The first-order valence-corrected chi connectivity index (χ1v) is 7.58. The molecule has 1 rings (SSSR count). The molecule has 0 heterocycles. The molecule has 1 aliphatic rings. The Balaban J connectivity index is 2.35. The van der Waals surface area contributed by atoms with E-state index in [2.05, 4.69) is 0 Å². The van der Waals surface area contributed by atoms with Crippen molar-refractivity contribution in [3.8, 4) is 0 Å². The predicted molar refractivity (Wildman–Crippen MR) is 63.7 cm³/mol. The Morgan fingerprint density at radius 1 is 1.40 bits per heavy atom. The highest BCUT2D eigenvalue weighted by atomic mass is 35.5. The third-order valence-corrected chi connectivity index (χ3v) is 5.18. The summed E-state index contributed by atoms with van der Waals surface area (Å²) in [5, 5.41) is 0.266. The van der Waals surface area contributed by atoms with Crippen molar-refractivity contribution >= 4 is 21.6 Å². The van der Waals surface area contributed by atoms with E-state index in [1.165, 1.54) is 4.31 Å². The van der Waals surface area contributed by atoms with E-state index in [1.807, 2.05) is 6.92 Å². The second-order valence-electron chi connectivity index (χ2n) is 4.38. The molecule has 0 aromatic heterocycles. The Morgan fingerprint density at radius 2 is 2.00 bits per heavy atom. The number of unbranched alkanes of at least 4 members (excludes halogenated alkanes) is 1. The number of rotatable bonds is 6. The first-order chi connectivity index (χ1) is 6.95. The fraction of sp³-hybridized carbons (Fsp3) is 1.00. The van der Waals surface area contributed by atoms with Crippen LogP contribution in [0.25, 0.3) is 0 Å². The van der Waals surface area contributed by atoms with Crippen molar-refractivity contribution in [2.24, 2.45) is 5.92 Å². The maximum Gasteiger partial charge on any atom is 0.213 e. The summed E-state index contributed by atoms with van der Waals surface area (Å²) in [5.74, 6) is 0.741. The lowest BCUT2D eigenvalue weighted by atomic mass is 9.85. The zero-order valence-corrected chi connectivity index (χ0v) is 11.0. The molecule has 0 amide bonds. The van der Waals surface area contributed by atoms with Gasteiger partial charge >= 0.3 is 0 Å². The summed E-state index contributed by atoms with van der Waals surface area (Å²) < 4.78 is 25.0. The summed E-state index contributed by atoms with van der Waals surface area (Å²) >= 11 is 5.86. The molecule has 1 fully saturated rings. The number of alkyl halides is 1. The molecule has 1 saturated carbocycles. The highest BCUT2D eigenvalue weighted by molar-refractivity contribution is 7.89. The van der Waals surface area contributed by atoms with E-state index in [-0.39, 0.29) is 11.1 Å². The summed E-state index contributed by atoms with van der Waals surface area (Å²) in [4.78, 5) is 0. The summed E-state index contributed by atoms with van der Waals surface area (Å²) in [6.07, 6.45) is 3.57. The van der Waals surface area contributed by atoms with Gasteiger partial charge in [0, 0.05) is 19.0 Å². The van der Waals surface area contributed by atoms with Crippen LogP contribution in [0.5, 0.6) is 0 Å². The Bertz CT molecular complexity index is 286. The standard InChI is InChI=1S/C10H20ClNO2S/c1-3-4-5-15(13,14)12(2)8-9-6-10(11)7-9/h9-10H,3-8H2,1-2H3.